The lowest BCUT2D eigenvalue weighted by atomic mass is 10.1. The third-order valence-corrected chi connectivity index (χ3v) is 3.35. The van der Waals surface area contributed by atoms with Crippen molar-refractivity contribution in [3.05, 3.63) is 23.0 Å². The quantitative estimate of drug-likeness (QED) is 0.805. The summed E-state index contributed by atoms with van der Waals surface area (Å²) in [5.74, 6) is 0.208. The molecule has 0 radical (unpaired) electrons. The van der Waals surface area contributed by atoms with Gasteiger partial charge in [0.1, 0.15) is 5.15 Å². The molecule has 1 aliphatic rings. The molecular weight excluding hydrogens is 224 g/mol. The molecule has 1 amide bonds. The average molecular weight is 239 g/mol. The number of aryl methyl sites for hydroxylation is 1. The summed E-state index contributed by atoms with van der Waals surface area (Å²) in [6.45, 7) is 6.04. The number of nitrogens with zero attached hydrogens (tertiary/aromatic N) is 1. The van der Waals surface area contributed by atoms with Crippen LogP contribution in [0.15, 0.2) is 12.1 Å². The number of amides is 1. The zero-order chi connectivity index (χ0) is 11.9. The van der Waals surface area contributed by atoms with Crippen LogP contribution in [-0.4, -0.2) is 10.9 Å². The van der Waals surface area contributed by atoms with Crippen molar-refractivity contribution in [3.8, 4) is 0 Å². The van der Waals surface area contributed by atoms with E-state index in [0.717, 1.165) is 17.8 Å². The highest BCUT2D eigenvalue weighted by Gasteiger charge is 2.50. The average Bonchev–Trinajstić information content (AvgIpc) is 2.80. The van der Waals surface area contributed by atoms with Gasteiger partial charge in [-0.05, 0) is 30.9 Å². The molecule has 4 heteroatoms. The van der Waals surface area contributed by atoms with E-state index in [9.17, 15) is 4.79 Å². The Bertz CT molecular complexity index is 443. The predicted octanol–water partition coefficient (Wildman–Crippen LogP) is 3.03. The minimum Gasteiger partial charge on any atom is -0.324 e. The number of pyridine rings is 1. The lowest BCUT2D eigenvalue weighted by Gasteiger charge is -2.08. The second-order valence-corrected chi connectivity index (χ2v) is 5.39. The molecule has 1 aromatic heterocycles. The van der Waals surface area contributed by atoms with E-state index in [2.05, 4.69) is 24.1 Å². The first-order valence-corrected chi connectivity index (χ1v) is 5.72. The maximum atomic E-state index is 11.9. The van der Waals surface area contributed by atoms with Crippen LogP contribution in [0.3, 0.4) is 0 Å². The van der Waals surface area contributed by atoms with Gasteiger partial charge in [-0.1, -0.05) is 25.4 Å². The smallest absolute Gasteiger partial charge is 0.228 e. The van der Waals surface area contributed by atoms with Crippen molar-refractivity contribution in [1.29, 1.82) is 0 Å². The van der Waals surface area contributed by atoms with Crippen LogP contribution < -0.4 is 5.32 Å². The van der Waals surface area contributed by atoms with E-state index in [4.69, 9.17) is 11.6 Å². The number of halogens is 1. The molecular formula is C12H15ClN2O. The van der Waals surface area contributed by atoms with Gasteiger partial charge >= 0.3 is 0 Å². The Labute approximate surface area is 100 Å². The Balaban J connectivity index is 2.07. The molecule has 0 bridgehead atoms. The van der Waals surface area contributed by atoms with E-state index in [0.29, 0.717) is 5.15 Å². The largest absolute Gasteiger partial charge is 0.324 e. The molecule has 0 aliphatic heterocycles. The fourth-order valence-electron chi connectivity index (χ4n) is 1.80. The fraction of sp³-hybridized carbons (Fsp3) is 0.500. The summed E-state index contributed by atoms with van der Waals surface area (Å²) in [6.07, 6.45) is 0.957. The summed E-state index contributed by atoms with van der Waals surface area (Å²) < 4.78 is 0. The number of rotatable bonds is 2. The van der Waals surface area contributed by atoms with Gasteiger partial charge in [0.2, 0.25) is 5.91 Å². The highest BCUT2D eigenvalue weighted by molar-refractivity contribution is 6.29. The molecule has 2 rings (SSSR count). The predicted molar refractivity (Wildman–Crippen MR) is 64.5 cm³/mol. The van der Waals surface area contributed by atoms with E-state index < -0.39 is 0 Å². The van der Waals surface area contributed by atoms with Gasteiger partial charge < -0.3 is 5.32 Å². The lowest BCUT2D eigenvalue weighted by molar-refractivity contribution is -0.118. The summed E-state index contributed by atoms with van der Waals surface area (Å²) >= 11 is 5.75. The van der Waals surface area contributed by atoms with E-state index in [1.807, 2.05) is 6.92 Å². The van der Waals surface area contributed by atoms with Crippen molar-refractivity contribution < 1.29 is 4.79 Å². The monoisotopic (exact) mass is 238 g/mol. The van der Waals surface area contributed by atoms with Gasteiger partial charge in [-0.2, -0.15) is 0 Å². The number of hydrogen-bond donors (Lipinski definition) is 1. The van der Waals surface area contributed by atoms with Crippen LogP contribution in [-0.2, 0) is 4.79 Å². The molecule has 0 saturated heterocycles. The first-order chi connectivity index (χ1) is 7.40. The summed E-state index contributed by atoms with van der Waals surface area (Å²) in [5.41, 5.74) is 1.65. The van der Waals surface area contributed by atoms with E-state index >= 15 is 0 Å². The standard InChI is InChI=1S/C12H15ClN2O/c1-7-9(4-5-10(13)14-7)15-11(16)8-6-12(8,2)3/h4-5,8H,6H2,1-3H3,(H,15,16). The van der Waals surface area contributed by atoms with Crippen LogP contribution in [0, 0.1) is 18.3 Å². The maximum Gasteiger partial charge on any atom is 0.228 e. The molecule has 0 aromatic carbocycles. The highest BCUT2D eigenvalue weighted by Crippen LogP contribution is 2.52. The van der Waals surface area contributed by atoms with Crippen molar-refractivity contribution in [3.63, 3.8) is 0 Å². The Morgan fingerprint density at radius 2 is 2.19 bits per heavy atom. The highest BCUT2D eigenvalue weighted by atomic mass is 35.5. The van der Waals surface area contributed by atoms with Gasteiger partial charge in [0, 0.05) is 5.92 Å². The topological polar surface area (TPSA) is 42.0 Å². The number of aromatic nitrogens is 1. The zero-order valence-electron chi connectivity index (χ0n) is 9.67. The first kappa shape index (κ1) is 11.4. The molecule has 1 N–H and O–H groups in total. The third kappa shape index (κ3) is 2.19. The third-order valence-electron chi connectivity index (χ3n) is 3.14. The molecule has 86 valence electrons. The molecule has 1 saturated carbocycles. The molecule has 3 nitrogen and oxygen atoms in total. The maximum absolute atomic E-state index is 11.9. The summed E-state index contributed by atoms with van der Waals surface area (Å²) in [4.78, 5) is 15.9. The molecule has 1 heterocycles. The van der Waals surface area contributed by atoms with Crippen molar-refractivity contribution in [2.75, 3.05) is 5.32 Å². The van der Waals surface area contributed by atoms with Gasteiger partial charge in [-0.25, -0.2) is 4.98 Å². The van der Waals surface area contributed by atoms with Crippen molar-refractivity contribution in [2.24, 2.45) is 11.3 Å². The minimum atomic E-state index is 0.0808. The SMILES string of the molecule is Cc1nc(Cl)ccc1NC(=O)C1CC1(C)C. The van der Waals surface area contributed by atoms with Crippen LogP contribution in [0.5, 0.6) is 0 Å². The van der Waals surface area contributed by atoms with Gasteiger partial charge in [-0.3, -0.25) is 4.79 Å². The number of nitrogens with one attached hydrogen (secondary N) is 1. The van der Waals surface area contributed by atoms with Crippen LogP contribution >= 0.6 is 11.6 Å². The van der Waals surface area contributed by atoms with Crippen molar-refractivity contribution in [2.45, 2.75) is 27.2 Å². The van der Waals surface area contributed by atoms with Gasteiger partial charge in [-0.15, -0.1) is 0 Å². The Kier molecular flexibility index (Phi) is 2.66. The summed E-state index contributed by atoms with van der Waals surface area (Å²) in [5, 5.41) is 3.34. The molecule has 1 aliphatic carbocycles. The van der Waals surface area contributed by atoms with Crippen molar-refractivity contribution in [1.82, 2.24) is 4.98 Å². The second-order valence-electron chi connectivity index (χ2n) is 5.00. The molecule has 1 fully saturated rings. The summed E-state index contributed by atoms with van der Waals surface area (Å²) in [7, 11) is 0. The number of carbonyl (C=O) groups is 1. The lowest BCUT2D eigenvalue weighted by Crippen LogP contribution is -2.17. The minimum absolute atomic E-state index is 0.0808. The van der Waals surface area contributed by atoms with Gasteiger partial charge in [0.25, 0.3) is 0 Å². The van der Waals surface area contributed by atoms with Crippen LogP contribution in [0.4, 0.5) is 5.69 Å². The molecule has 16 heavy (non-hydrogen) atoms. The Morgan fingerprint density at radius 3 is 2.69 bits per heavy atom. The second kappa shape index (κ2) is 3.74. The van der Waals surface area contributed by atoms with Crippen molar-refractivity contribution >= 4 is 23.2 Å². The molecule has 1 aromatic rings. The molecule has 1 unspecified atom stereocenters. The fourth-order valence-corrected chi connectivity index (χ4v) is 1.99. The van der Waals surface area contributed by atoms with Crippen LogP contribution in [0.25, 0.3) is 0 Å². The first-order valence-electron chi connectivity index (χ1n) is 5.34. The van der Waals surface area contributed by atoms with E-state index in [-0.39, 0.29) is 17.2 Å². The van der Waals surface area contributed by atoms with E-state index in [1.165, 1.54) is 0 Å². The number of anilines is 1. The van der Waals surface area contributed by atoms with Crippen LogP contribution in [0.2, 0.25) is 5.15 Å². The van der Waals surface area contributed by atoms with Crippen LogP contribution in [0.1, 0.15) is 26.0 Å². The number of hydrogen-bond acceptors (Lipinski definition) is 2. The summed E-state index contributed by atoms with van der Waals surface area (Å²) in [6, 6.07) is 3.47. The zero-order valence-corrected chi connectivity index (χ0v) is 10.4. The van der Waals surface area contributed by atoms with Gasteiger partial charge in [0.15, 0.2) is 0 Å². The number of carbonyl (C=O) groups excluding carboxylic acids is 1. The van der Waals surface area contributed by atoms with E-state index in [1.54, 1.807) is 12.1 Å². The van der Waals surface area contributed by atoms with Gasteiger partial charge in [0.05, 0.1) is 11.4 Å². The normalized spacial score (nSPS) is 21.6. The molecule has 1 atom stereocenters. The Morgan fingerprint density at radius 1 is 1.56 bits per heavy atom. The molecule has 0 spiro atoms. The Hall–Kier alpha value is -1.09.